The first-order valence-electron chi connectivity index (χ1n) is 11.1. The summed E-state index contributed by atoms with van der Waals surface area (Å²) in [6.45, 7) is 3.64. The largest absolute Gasteiger partial charge is 0.496 e. The smallest absolute Gasteiger partial charge is 0.270 e. The maximum Gasteiger partial charge on any atom is 0.270 e. The zero-order chi connectivity index (χ0) is 25.3. The number of fused-ring (bicyclic) bond motifs is 1. The number of aromatic nitrogens is 2. The third-order valence-electron chi connectivity index (χ3n) is 5.82. The van der Waals surface area contributed by atoms with Crippen LogP contribution < -0.4 is 29.1 Å². The second-order valence-electron chi connectivity index (χ2n) is 7.93. The Bertz CT molecular complexity index is 1470. The normalized spacial score (nSPS) is 14.1. The van der Waals surface area contributed by atoms with Gasteiger partial charge in [0.25, 0.3) is 10.0 Å². The first-order chi connectivity index (χ1) is 17.4. The van der Waals surface area contributed by atoms with Gasteiger partial charge in [-0.1, -0.05) is 11.2 Å². The number of hydrogen-bond donors (Lipinski definition) is 2. The SMILES string of the molecule is COc1cccc(OC)c1S(=O)(=O)Nc1noc2cc(-c3nc(N4CCNCC4)cs3)cc(OC)c12. The number of rotatable bonds is 8. The standard InChI is InChI=1S/C23H25N5O6S2/c1-31-15-5-4-6-16(32-2)21(15)36(29,30)27-22-20-17(33-3)11-14(12-18(20)34-26-22)23-25-19(13-35-23)28-9-7-24-8-10-28/h4-6,11-13,24H,7-10H2,1-3H3,(H,26,27). The van der Waals surface area contributed by atoms with Crippen LogP contribution in [-0.4, -0.2) is 66.1 Å². The van der Waals surface area contributed by atoms with E-state index < -0.39 is 10.0 Å². The predicted octanol–water partition coefficient (Wildman–Crippen LogP) is 3.19. The van der Waals surface area contributed by atoms with Gasteiger partial charge in [-0.3, -0.25) is 4.72 Å². The molecule has 0 spiro atoms. The zero-order valence-electron chi connectivity index (χ0n) is 19.9. The summed E-state index contributed by atoms with van der Waals surface area (Å²) in [7, 11) is 0.115. The molecule has 0 bridgehead atoms. The van der Waals surface area contributed by atoms with E-state index in [4.69, 9.17) is 23.7 Å². The van der Waals surface area contributed by atoms with Crippen molar-refractivity contribution in [2.24, 2.45) is 0 Å². The van der Waals surface area contributed by atoms with Crippen molar-refractivity contribution in [1.82, 2.24) is 15.5 Å². The number of anilines is 2. The Morgan fingerprint density at radius 1 is 1.06 bits per heavy atom. The number of ether oxygens (including phenoxy) is 3. The van der Waals surface area contributed by atoms with Gasteiger partial charge >= 0.3 is 0 Å². The average molecular weight is 532 g/mol. The molecule has 0 atom stereocenters. The van der Waals surface area contributed by atoms with Crippen molar-refractivity contribution in [2.45, 2.75) is 4.90 Å². The minimum absolute atomic E-state index is 0.0120. The van der Waals surface area contributed by atoms with Crippen LogP contribution in [0, 0.1) is 0 Å². The lowest BCUT2D eigenvalue weighted by molar-refractivity contribution is 0.373. The average Bonchev–Trinajstić information content (AvgIpc) is 3.56. The van der Waals surface area contributed by atoms with Gasteiger partial charge in [0.1, 0.15) is 33.5 Å². The number of sulfonamides is 1. The Balaban J connectivity index is 1.51. The van der Waals surface area contributed by atoms with E-state index in [1.165, 1.54) is 44.8 Å². The third kappa shape index (κ3) is 4.40. The minimum atomic E-state index is -4.16. The van der Waals surface area contributed by atoms with Gasteiger partial charge in [-0.15, -0.1) is 11.3 Å². The molecule has 2 aromatic heterocycles. The lowest BCUT2D eigenvalue weighted by Crippen LogP contribution is -2.43. The number of nitrogens with zero attached hydrogens (tertiary/aromatic N) is 3. The number of thiazole rings is 1. The molecule has 1 aliphatic rings. The van der Waals surface area contributed by atoms with Crippen LogP contribution in [0.3, 0.4) is 0 Å². The highest BCUT2D eigenvalue weighted by Crippen LogP contribution is 2.40. The quantitative estimate of drug-likeness (QED) is 0.350. The minimum Gasteiger partial charge on any atom is -0.496 e. The van der Waals surface area contributed by atoms with E-state index in [2.05, 4.69) is 20.1 Å². The van der Waals surface area contributed by atoms with Crippen molar-refractivity contribution < 1.29 is 27.2 Å². The van der Waals surface area contributed by atoms with Gasteiger partial charge in [-0.05, 0) is 24.3 Å². The van der Waals surface area contributed by atoms with Crippen LogP contribution in [-0.2, 0) is 10.0 Å². The summed E-state index contributed by atoms with van der Waals surface area (Å²) in [6, 6.07) is 8.27. The molecule has 0 radical (unpaired) electrons. The lowest BCUT2D eigenvalue weighted by atomic mass is 10.1. The molecule has 0 amide bonds. The molecular weight excluding hydrogens is 506 g/mol. The van der Waals surface area contributed by atoms with Crippen molar-refractivity contribution >= 4 is 44.0 Å². The monoisotopic (exact) mass is 531 g/mol. The van der Waals surface area contributed by atoms with E-state index in [9.17, 15) is 8.42 Å². The van der Waals surface area contributed by atoms with Crippen LogP contribution in [0.2, 0.25) is 0 Å². The Labute approximate surface area is 212 Å². The van der Waals surface area contributed by atoms with Crippen molar-refractivity contribution in [3.63, 3.8) is 0 Å². The van der Waals surface area contributed by atoms with Crippen LogP contribution in [0.1, 0.15) is 0 Å². The van der Waals surface area contributed by atoms with Crippen molar-refractivity contribution in [3.8, 4) is 27.8 Å². The maximum atomic E-state index is 13.3. The Kier molecular flexibility index (Phi) is 6.60. The Morgan fingerprint density at radius 3 is 2.42 bits per heavy atom. The third-order valence-corrected chi connectivity index (χ3v) is 8.10. The van der Waals surface area contributed by atoms with E-state index in [0.717, 1.165) is 42.6 Å². The molecule has 0 saturated carbocycles. The van der Waals surface area contributed by atoms with Gasteiger partial charge in [-0.2, -0.15) is 0 Å². The molecule has 0 unspecified atom stereocenters. The lowest BCUT2D eigenvalue weighted by Gasteiger charge is -2.27. The summed E-state index contributed by atoms with van der Waals surface area (Å²) in [5.74, 6) is 1.57. The van der Waals surface area contributed by atoms with E-state index in [-0.39, 0.29) is 22.2 Å². The molecule has 4 aromatic rings. The van der Waals surface area contributed by atoms with Gasteiger partial charge in [0, 0.05) is 37.1 Å². The Morgan fingerprint density at radius 2 is 1.75 bits per heavy atom. The highest BCUT2D eigenvalue weighted by Gasteiger charge is 2.28. The van der Waals surface area contributed by atoms with E-state index in [1.54, 1.807) is 18.2 Å². The summed E-state index contributed by atoms with van der Waals surface area (Å²) in [4.78, 5) is 6.88. The number of piperazine rings is 1. The van der Waals surface area contributed by atoms with Crippen LogP contribution in [0.15, 0.2) is 45.1 Å². The molecule has 0 aliphatic carbocycles. The summed E-state index contributed by atoms with van der Waals surface area (Å²) in [5.41, 5.74) is 1.13. The fraction of sp³-hybridized carbons (Fsp3) is 0.304. The van der Waals surface area contributed by atoms with Gasteiger partial charge in [0.2, 0.25) is 0 Å². The fourth-order valence-corrected chi connectivity index (χ4v) is 6.23. The molecular formula is C23H25N5O6S2. The highest BCUT2D eigenvalue weighted by molar-refractivity contribution is 7.93. The molecule has 36 heavy (non-hydrogen) atoms. The van der Waals surface area contributed by atoms with Gasteiger partial charge in [0.05, 0.1) is 21.3 Å². The zero-order valence-corrected chi connectivity index (χ0v) is 21.5. The van der Waals surface area contributed by atoms with Gasteiger partial charge in [-0.25, -0.2) is 13.4 Å². The number of benzene rings is 2. The fourth-order valence-electron chi connectivity index (χ4n) is 4.09. The van der Waals surface area contributed by atoms with Crippen molar-refractivity contribution in [1.29, 1.82) is 0 Å². The van der Waals surface area contributed by atoms with E-state index in [1.807, 2.05) is 5.38 Å². The molecule has 11 nitrogen and oxygen atoms in total. The Hall–Kier alpha value is -3.55. The molecule has 2 aromatic carbocycles. The number of methoxy groups -OCH3 is 3. The molecule has 1 aliphatic heterocycles. The molecule has 3 heterocycles. The van der Waals surface area contributed by atoms with E-state index >= 15 is 0 Å². The molecule has 13 heteroatoms. The van der Waals surface area contributed by atoms with Crippen molar-refractivity contribution in [3.05, 3.63) is 35.7 Å². The maximum absolute atomic E-state index is 13.3. The van der Waals surface area contributed by atoms with Gasteiger partial charge < -0.3 is 29.0 Å². The first kappa shape index (κ1) is 24.2. The summed E-state index contributed by atoms with van der Waals surface area (Å²) in [6.07, 6.45) is 0. The van der Waals surface area contributed by atoms with Crippen molar-refractivity contribution in [2.75, 3.05) is 57.1 Å². The number of nitrogens with one attached hydrogen (secondary N) is 2. The molecule has 1 saturated heterocycles. The highest BCUT2D eigenvalue weighted by atomic mass is 32.2. The summed E-state index contributed by atoms with van der Waals surface area (Å²) < 4.78 is 50.8. The van der Waals surface area contributed by atoms with E-state index in [0.29, 0.717) is 16.7 Å². The second kappa shape index (κ2) is 9.84. The van der Waals surface area contributed by atoms with Crippen LogP contribution in [0.25, 0.3) is 21.5 Å². The topological polar surface area (TPSA) is 128 Å². The van der Waals surface area contributed by atoms with Gasteiger partial charge in [0.15, 0.2) is 16.3 Å². The van der Waals surface area contributed by atoms with Crippen LogP contribution in [0.4, 0.5) is 11.6 Å². The first-order valence-corrected chi connectivity index (χ1v) is 13.4. The molecule has 190 valence electrons. The number of hydrogen-bond acceptors (Lipinski definition) is 11. The summed E-state index contributed by atoms with van der Waals surface area (Å²) in [5, 5.41) is 10.5. The molecule has 2 N–H and O–H groups in total. The molecule has 1 fully saturated rings. The van der Waals surface area contributed by atoms with Crippen LogP contribution in [0.5, 0.6) is 17.2 Å². The molecule has 5 rings (SSSR count). The second-order valence-corrected chi connectivity index (χ2v) is 10.4. The van der Waals surface area contributed by atoms with Crippen LogP contribution >= 0.6 is 11.3 Å². The predicted molar refractivity (Wildman–Crippen MR) is 137 cm³/mol. The summed E-state index contributed by atoms with van der Waals surface area (Å²) >= 11 is 1.52.